The van der Waals surface area contributed by atoms with Crippen LogP contribution in [0, 0.1) is 12.8 Å². The Hall–Kier alpha value is -3.15. The summed E-state index contributed by atoms with van der Waals surface area (Å²) in [5.74, 6) is -0.507. The summed E-state index contributed by atoms with van der Waals surface area (Å²) in [6.07, 6.45) is 1.79. The van der Waals surface area contributed by atoms with Crippen LogP contribution in [0.25, 0.3) is 16.5 Å². The Morgan fingerprint density at radius 1 is 1.07 bits per heavy atom. The van der Waals surface area contributed by atoms with E-state index < -0.39 is 0 Å². The number of hydrogen-bond donors (Lipinski definition) is 2. The maximum atomic E-state index is 12.2. The number of benzene rings is 2. The highest BCUT2D eigenvalue weighted by molar-refractivity contribution is 5.90. The van der Waals surface area contributed by atoms with Gasteiger partial charge in [0, 0.05) is 22.6 Å². The lowest BCUT2D eigenvalue weighted by atomic mass is 10.1. The van der Waals surface area contributed by atoms with Crippen LogP contribution < -0.4 is 10.6 Å². The van der Waals surface area contributed by atoms with Crippen LogP contribution in [0.5, 0.6) is 0 Å². The third kappa shape index (κ3) is 4.06. The van der Waals surface area contributed by atoms with Gasteiger partial charge in [0.25, 0.3) is 0 Å². The van der Waals surface area contributed by atoms with Gasteiger partial charge in [0.05, 0.1) is 24.5 Å². The molecular formula is C22H26N4O2. The van der Waals surface area contributed by atoms with Crippen molar-refractivity contribution >= 4 is 22.6 Å². The van der Waals surface area contributed by atoms with Crippen molar-refractivity contribution in [1.82, 2.24) is 20.4 Å². The zero-order valence-corrected chi connectivity index (χ0v) is 16.7. The minimum Gasteiger partial charge on any atom is -0.348 e. The quantitative estimate of drug-likeness (QED) is 0.691. The minimum atomic E-state index is -0.223. The number of hydrogen-bond acceptors (Lipinski definition) is 3. The second kappa shape index (κ2) is 8.25. The Bertz CT molecular complexity index is 1000. The molecule has 0 radical (unpaired) electrons. The van der Waals surface area contributed by atoms with Crippen LogP contribution in [0.15, 0.2) is 48.7 Å². The Labute approximate surface area is 164 Å². The summed E-state index contributed by atoms with van der Waals surface area (Å²) in [5, 5.41) is 12.4. The molecule has 2 aromatic carbocycles. The first kappa shape index (κ1) is 19.6. The Morgan fingerprint density at radius 3 is 2.54 bits per heavy atom. The van der Waals surface area contributed by atoms with Crippen molar-refractivity contribution in [3.8, 4) is 5.69 Å². The fraction of sp³-hybridized carbons (Fsp3) is 0.318. The molecule has 146 valence electrons. The number of aromatic nitrogens is 2. The second-order valence-corrected chi connectivity index (χ2v) is 7.26. The van der Waals surface area contributed by atoms with E-state index in [1.54, 1.807) is 20.0 Å². The molecule has 28 heavy (non-hydrogen) atoms. The molecule has 3 rings (SSSR count). The monoisotopic (exact) mass is 378 g/mol. The predicted molar refractivity (Wildman–Crippen MR) is 110 cm³/mol. The third-order valence-corrected chi connectivity index (χ3v) is 4.83. The van der Waals surface area contributed by atoms with Gasteiger partial charge in [-0.15, -0.1) is 0 Å². The average molecular weight is 378 g/mol. The van der Waals surface area contributed by atoms with Crippen molar-refractivity contribution < 1.29 is 9.59 Å². The first-order valence-electron chi connectivity index (χ1n) is 9.48. The van der Waals surface area contributed by atoms with Crippen LogP contribution in [0.4, 0.5) is 0 Å². The van der Waals surface area contributed by atoms with Gasteiger partial charge < -0.3 is 10.6 Å². The molecular weight excluding hydrogens is 352 g/mol. The number of nitrogens with one attached hydrogen (secondary N) is 2. The van der Waals surface area contributed by atoms with Crippen molar-refractivity contribution in [2.24, 2.45) is 5.92 Å². The highest BCUT2D eigenvalue weighted by Crippen LogP contribution is 2.25. The first-order chi connectivity index (χ1) is 13.4. The molecule has 1 heterocycles. The largest absolute Gasteiger partial charge is 0.348 e. The van der Waals surface area contributed by atoms with Crippen molar-refractivity contribution in [2.45, 2.75) is 33.7 Å². The van der Waals surface area contributed by atoms with Gasteiger partial charge in [0.2, 0.25) is 11.8 Å². The molecule has 1 atom stereocenters. The van der Waals surface area contributed by atoms with Gasteiger partial charge in [0.1, 0.15) is 0 Å². The number of amides is 2. The van der Waals surface area contributed by atoms with Gasteiger partial charge in [-0.3, -0.25) is 9.59 Å². The number of rotatable bonds is 6. The van der Waals surface area contributed by atoms with Gasteiger partial charge in [-0.05, 0) is 25.3 Å². The van der Waals surface area contributed by atoms with Crippen molar-refractivity contribution in [3.05, 3.63) is 59.9 Å². The summed E-state index contributed by atoms with van der Waals surface area (Å²) >= 11 is 0. The number of nitrogens with zero attached hydrogens (tertiary/aromatic N) is 2. The van der Waals surface area contributed by atoms with E-state index in [4.69, 9.17) is 0 Å². The molecule has 6 nitrogen and oxygen atoms in total. The van der Waals surface area contributed by atoms with E-state index in [1.807, 2.05) is 42.8 Å². The zero-order chi connectivity index (χ0) is 20.3. The Kier molecular flexibility index (Phi) is 5.78. The first-order valence-corrected chi connectivity index (χ1v) is 9.48. The summed E-state index contributed by atoms with van der Waals surface area (Å²) < 4.78 is 1.90. The topological polar surface area (TPSA) is 76.0 Å². The van der Waals surface area contributed by atoms with E-state index in [0.717, 1.165) is 27.7 Å². The highest BCUT2D eigenvalue weighted by Gasteiger charge is 2.18. The standard InChI is InChI=1S/C22H26N4O2/c1-14(2)22(28)23-13-21(27)25-15(3)19-12-24-26(16(19)4)20-11-7-9-17-8-5-6-10-18(17)20/h5-12,14-15H,13H2,1-4H3,(H,23,28)(H,25,27)/t15-/m1/s1. The zero-order valence-electron chi connectivity index (χ0n) is 16.7. The van der Waals surface area contributed by atoms with Gasteiger partial charge in [-0.25, -0.2) is 4.68 Å². The molecule has 6 heteroatoms. The predicted octanol–water partition coefficient (Wildman–Crippen LogP) is 3.28. The van der Waals surface area contributed by atoms with Crippen LogP contribution in [0.3, 0.4) is 0 Å². The second-order valence-electron chi connectivity index (χ2n) is 7.26. The maximum Gasteiger partial charge on any atom is 0.239 e. The van der Waals surface area contributed by atoms with E-state index in [0.29, 0.717) is 0 Å². The van der Waals surface area contributed by atoms with E-state index in [9.17, 15) is 9.59 Å². The molecule has 0 unspecified atom stereocenters. The van der Waals surface area contributed by atoms with Crippen molar-refractivity contribution in [3.63, 3.8) is 0 Å². The molecule has 2 amide bonds. The molecule has 2 N–H and O–H groups in total. The number of fused-ring (bicyclic) bond motifs is 1. The lowest BCUT2D eigenvalue weighted by Gasteiger charge is -2.15. The molecule has 0 aliphatic rings. The van der Waals surface area contributed by atoms with Gasteiger partial charge in [-0.1, -0.05) is 50.2 Å². The fourth-order valence-electron chi connectivity index (χ4n) is 3.23. The maximum absolute atomic E-state index is 12.2. The molecule has 0 spiro atoms. The van der Waals surface area contributed by atoms with Crippen LogP contribution >= 0.6 is 0 Å². The summed E-state index contributed by atoms with van der Waals surface area (Å²) in [4.78, 5) is 23.8. The summed E-state index contributed by atoms with van der Waals surface area (Å²) in [7, 11) is 0. The highest BCUT2D eigenvalue weighted by atomic mass is 16.2. The normalized spacial score (nSPS) is 12.2. The minimum absolute atomic E-state index is 0.0299. The van der Waals surface area contributed by atoms with Crippen LogP contribution in [0.1, 0.15) is 38.1 Å². The van der Waals surface area contributed by atoms with E-state index in [2.05, 4.69) is 33.9 Å². The Balaban J connectivity index is 1.77. The van der Waals surface area contributed by atoms with Crippen LogP contribution in [0.2, 0.25) is 0 Å². The average Bonchev–Trinajstić information content (AvgIpc) is 3.06. The molecule has 0 aliphatic carbocycles. The summed E-state index contributed by atoms with van der Waals surface area (Å²) in [6, 6.07) is 14.1. The van der Waals surface area contributed by atoms with Gasteiger partial charge >= 0.3 is 0 Å². The fourth-order valence-corrected chi connectivity index (χ4v) is 3.23. The van der Waals surface area contributed by atoms with E-state index in [-0.39, 0.29) is 30.3 Å². The third-order valence-electron chi connectivity index (χ3n) is 4.83. The van der Waals surface area contributed by atoms with E-state index >= 15 is 0 Å². The van der Waals surface area contributed by atoms with E-state index in [1.165, 1.54) is 0 Å². The molecule has 0 bridgehead atoms. The van der Waals surface area contributed by atoms with Crippen LogP contribution in [-0.4, -0.2) is 28.1 Å². The smallest absolute Gasteiger partial charge is 0.239 e. The van der Waals surface area contributed by atoms with Gasteiger partial charge in [-0.2, -0.15) is 5.10 Å². The SMILES string of the molecule is Cc1c([C@@H](C)NC(=O)CNC(=O)C(C)C)cnn1-c1cccc2ccccc12. The molecule has 0 aliphatic heterocycles. The molecule has 1 aromatic heterocycles. The molecule has 0 saturated heterocycles. The molecule has 3 aromatic rings. The molecule has 0 fully saturated rings. The molecule has 0 saturated carbocycles. The Morgan fingerprint density at radius 2 is 1.79 bits per heavy atom. The van der Waals surface area contributed by atoms with Gasteiger partial charge in [0.15, 0.2) is 0 Å². The van der Waals surface area contributed by atoms with Crippen LogP contribution in [-0.2, 0) is 9.59 Å². The lowest BCUT2D eigenvalue weighted by molar-refractivity contribution is -0.128. The number of carbonyl (C=O) groups excluding carboxylic acids is 2. The van der Waals surface area contributed by atoms with Crippen molar-refractivity contribution in [1.29, 1.82) is 0 Å². The summed E-state index contributed by atoms with van der Waals surface area (Å²) in [5.41, 5.74) is 2.91. The lowest BCUT2D eigenvalue weighted by Crippen LogP contribution is -2.39. The summed E-state index contributed by atoms with van der Waals surface area (Å²) in [6.45, 7) is 7.46. The number of carbonyl (C=O) groups is 2. The van der Waals surface area contributed by atoms with Crippen molar-refractivity contribution in [2.75, 3.05) is 6.54 Å².